The first-order valence-electron chi connectivity index (χ1n) is 5.69. The molecule has 78 valence electrons. The first kappa shape index (κ1) is 11.3. The fraction of sp³-hybridized carbons (Fsp3) is 0.571. The lowest BCUT2D eigenvalue weighted by molar-refractivity contribution is 0.739. The Morgan fingerprint density at radius 1 is 1.14 bits per heavy atom. The normalized spacial score (nSPS) is 19.1. The van der Waals surface area contributed by atoms with Gasteiger partial charge in [0.05, 0.1) is 0 Å². The van der Waals surface area contributed by atoms with Gasteiger partial charge in [-0.3, -0.25) is 0 Å². The minimum Gasteiger partial charge on any atom is -0.0879 e. The summed E-state index contributed by atoms with van der Waals surface area (Å²) in [5.74, 6) is 0.687. The van der Waals surface area contributed by atoms with Crippen LogP contribution in [0.2, 0.25) is 0 Å². The fourth-order valence-corrected chi connectivity index (χ4v) is 1.69. The van der Waals surface area contributed by atoms with Crippen LogP contribution < -0.4 is 0 Å². The summed E-state index contributed by atoms with van der Waals surface area (Å²) in [5.41, 5.74) is 3.11. The van der Waals surface area contributed by atoms with Crippen molar-refractivity contribution in [2.75, 3.05) is 0 Å². The molecule has 0 saturated carbocycles. The molecule has 0 spiro atoms. The topological polar surface area (TPSA) is 0 Å². The summed E-state index contributed by atoms with van der Waals surface area (Å²) >= 11 is 0. The molecule has 0 fully saturated rings. The van der Waals surface area contributed by atoms with Crippen molar-refractivity contribution in [3.05, 3.63) is 35.5 Å². The van der Waals surface area contributed by atoms with Crippen LogP contribution in [0.15, 0.2) is 35.5 Å². The molecule has 0 aromatic carbocycles. The van der Waals surface area contributed by atoms with Gasteiger partial charge in [-0.25, -0.2) is 0 Å². The highest BCUT2D eigenvalue weighted by molar-refractivity contribution is 5.15. The summed E-state index contributed by atoms with van der Waals surface area (Å²) < 4.78 is 0. The third-order valence-electron chi connectivity index (χ3n) is 2.82. The van der Waals surface area contributed by atoms with Gasteiger partial charge in [0.1, 0.15) is 0 Å². The van der Waals surface area contributed by atoms with Gasteiger partial charge in [0.25, 0.3) is 0 Å². The second-order valence-corrected chi connectivity index (χ2v) is 4.43. The van der Waals surface area contributed by atoms with Crippen molar-refractivity contribution in [2.45, 2.75) is 46.5 Å². The van der Waals surface area contributed by atoms with Gasteiger partial charge in [0.2, 0.25) is 0 Å². The number of allylic oxidation sites excluding steroid dienone is 6. The molecule has 14 heavy (non-hydrogen) atoms. The second-order valence-electron chi connectivity index (χ2n) is 4.43. The van der Waals surface area contributed by atoms with Crippen LogP contribution in [-0.4, -0.2) is 0 Å². The Labute approximate surface area is 88.4 Å². The molecule has 0 bridgehead atoms. The van der Waals surface area contributed by atoms with E-state index in [9.17, 15) is 0 Å². The molecule has 1 rings (SSSR count). The Bertz CT molecular complexity index is 251. The second kappa shape index (κ2) is 5.85. The molecule has 0 unspecified atom stereocenters. The Morgan fingerprint density at radius 2 is 1.93 bits per heavy atom. The van der Waals surface area contributed by atoms with Crippen molar-refractivity contribution in [2.24, 2.45) is 5.92 Å². The molecule has 0 aromatic heterocycles. The van der Waals surface area contributed by atoms with E-state index in [1.807, 2.05) is 0 Å². The van der Waals surface area contributed by atoms with Crippen LogP contribution >= 0.6 is 0 Å². The highest BCUT2D eigenvalue weighted by atomic mass is 14.1. The summed E-state index contributed by atoms with van der Waals surface area (Å²) in [4.78, 5) is 0. The van der Waals surface area contributed by atoms with E-state index in [-0.39, 0.29) is 0 Å². The standard InChI is InChI=1S/C14H22/c1-12(2)14-9-7-5-4-6-8-13(3)10-11-14/h4-5,9-10,12H,6-8,11H2,1-3H3. The zero-order valence-corrected chi connectivity index (χ0v) is 9.72. The molecule has 0 heterocycles. The third kappa shape index (κ3) is 3.95. The van der Waals surface area contributed by atoms with Gasteiger partial charge >= 0.3 is 0 Å². The van der Waals surface area contributed by atoms with Crippen molar-refractivity contribution in [1.29, 1.82) is 0 Å². The van der Waals surface area contributed by atoms with Crippen molar-refractivity contribution in [3.63, 3.8) is 0 Å². The van der Waals surface area contributed by atoms with E-state index in [0.717, 1.165) is 12.8 Å². The molecule has 0 amide bonds. The monoisotopic (exact) mass is 190 g/mol. The Morgan fingerprint density at radius 3 is 2.64 bits per heavy atom. The van der Waals surface area contributed by atoms with Crippen LogP contribution in [0.5, 0.6) is 0 Å². The quantitative estimate of drug-likeness (QED) is 0.528. The molecule has 0 aromatic rings. The predicted octanol–water partition coefficient (Wildman–Crippen LogP) is 4.65. The Hall–Kier alpha value is -0.780. The minimum atomic E-state index is 0.687. The van der Waals surface area contributed by atoms with E-state index in [4.69, 9.17) is 0 Å². The van der Waals surface area contributed by atoms with E-state index >= 15 is 0 Å². The van der Waals surface area contributed by atoms with Crippen molar-refractivity contribution >= 4 is 0 Å². The number of hydrogen-bond donors (Lipinski definition) is 0. The summed E-state index contributed by atoms with van der Waals surface area (Å²) in [5, 5.41) is 0. The highest BCUT2D eigenvalue weighted by Gasteiger charge is 2.01. The maximum Gasteiger partial charge on any atom is -0.0134 e. The van der Waals surface area contributed by atoms with Crippen LogP contribution in [-0.2, 0) is 0 Å². The van der Waals surface area contributed by atoms with Crippen LogP contribution in [0.25, 0.3) is 0 Å². The lowest BCUT2D eigenvalue weighted by atomic mass is 9.96. The van der Waals surface area contributed by atoms with E-state index in [2.05, 4.69) is 45.1 Å². The summed E-state index contributed by atoms with van der Waals surface area (Å²) in [6.45, 7) is 6.81. The van der Waals surface area contributed by atoms with E-state index in [1.165, 1.54) is 18.4 Å². The molecule has 0 radical (unpaired) electrons. The molecule has 0 saturated heterocycles. The molecule has 0 aliphatic heterocycles. The predicted molar refractivity (Wildman–Crippen MR) is 64.3 cm³/mol. The highest BCUT2D eigenvalue weighted by Crippen LogP contribution is 2.19. The number of hydrogen-bond acceptors (Lipinski definition) is 0. The number of rotatable bonds is 1. The van der Waals surface area contributed by atoms with Crippen LogP contribution in [0.1, 0.15) is 46.5 Å². The van der Waals surface area contributed by atoms with Crippen molar-refractivity contribution in [1.82, 2.24) is 0 Å². The molecular formula is C14H22. The lowest BCUT2D eigenvalue weighted by Gasteiger charge is -2.10. The maximum atomic E-state index is 2.39. The Balaban J connectivity index is 2.73. The van der Waals surface area contributed by atoms with Gasteiger partial charge in [-0.2, -0.15) is 0 Å². The Kier molecular flexibility index (Phi) is 4.72. The summed E-state index contributed by atoms with van der Waals surface area (Å²) in [6, 6.07) is 0. The summed E-state index contributed by atoms with van der Waals surface area (Å²) in [6.07, 6.45) is 14.1. The minimum absolute atomic E-state index is 0.687. The van der Waals surface area contributed by atoms with Gasteiger partial charge in [0, 0.05) is 0 Å². The first-order valence-corrected chi connectivity index (χ1v) is 5.69. The van der Waals surface area contributed by atoms with Crippen LogP contribution in [0, 0.1) is 5.92 Å². The first-order chi connectivity index (χ1) is 6.70. The summed E-state index contributed by atoms with van der Waals surface area (Å²) in [7, 11) is 0. The average molecular weight is 190 g/mol. The molecule has 0 N–H and O–H groups in total. The van der Waals surface area contributed by atoms with Crippen LogP contribution in [0.4, 0.5) is 0 Å². The maximum absolute atomic E-state index is 2.39. The lowest BCUT2D eigenvalue weighted by Crippen LogP contribution is -1.94. The average Bonchev–Trinajstić information content (AvgIpc) is 2.15. The largest absolute Gasteiger partial charge is 0.0879 e. The molecule has 1 aliphatic rings. The fourth-order valence-electron chi connectivity index (χ4n) is 1.69. The molecule has 0 atom stereocenters. The zero-order chi connectivity index (χ0) is 10.4. The smallest absolute Gasteiger partial charge is 0.0134 e. The SMILES string of the molecule is CC1=CCC(C(C)C)=CCC=CCC1. The molecule has 0 heteroatoms. The van der Waals surface area contributed by atoms with Crippen LogP contribution in [0.3, 0.4) is 0 Å². The van der Waals surface area contributed by atoms with E-state index in [0.29, 0.717) is 5.92 Å². The molecule has 0 nitrogen and oxygen atoms in total. The van der Waals surface area contributed by atoms with Crippen molar-refractivity contribution in [3.8, 4) is 0 Å². The van der Waals surface area contributed by atoms with Gasteiger partial charge < -0.3 is 0 Å². The molecule has 1 aliphatic carbocycles. The molecular weight excluding hydrogens is 168 g/mol. The van der Waals surface area contributed by atoms with Gasteiger partial charge in [-0.1, -0.05) is 49.3 Å². The van der Waals surface area contributed by atoms with Crippen molar-refractivity contribution < 1.29 is 0 Å². The third-order valence-corrected chi connectivity index (χ3v) is 2.82. The van der Waals surface area contributed by atoms with Gasteiger partial charge in [-0.15, -0.1) is 0 Å². The van der Waals surface area contributed by atoms with E-state index < -0.39 is 0 Å². The van der Waals surface area contributed by atoms with E-state index in [1.54, 1.807) is 5.57 Å². The van der Waals surface area contributed by atoms with Gasteiger partial charge in [-0.05, 0) is 38.5 Å². The zero-order valence-electron chi connectivity index (χ0n) is 9.72. The van der Waals surface area contributed by atoms with Gasteiger partial charge in [0.15, 0.2) is 0 Å².